The van der Waals surface area contributed by atoms with Crippen LogP contribution in [0.25, 0.3) is 0 Å². The van der Waals surface area contributed by atoms with E-state index in [9.17, 15) is 25.1 Å². The van der Waals surface area contributed by atoms with Crippen LogP contribution in [0.1, 0.15) is 18.6 Å². The molecule has 0 spiro atoms. The van der Waals surface area contributed by atoms with Crippen LogP contribution in [-0.2, 0) is 9.53 Å². The van der Waals surface area contributed by atoms with E-state index in [2.05, 4.69) is 4.74 Å². The average Bonchev–Trinajstić information content (AvgIpc) is 2.91. The molecule has 9 nitrogen and oxygen atoms in total. The topological polar surface area (TPSA) is 128 Å². The van der Waals surface area contributed by atoms with Gasteiger partial charge in [0.2, 0.25) is 6.79 Å². The molecular weight excluding hydrogens is 286 g/mol. The molecule has 2 unspecified atom stereocenters. The first-order valence-corrected chi connectivity index (χ1v) is 6.06. The van der Waals surface area contributed by atoms with Crippen molar-refractivity contribution in [2.45, 2.75) is 19.1 Å². The van der Waals surface area contributed by atoms with Crippen LogP contribution < -0.4 is 9.47 Å². The largest absolute Gasteiger partial charge is 0.464 e. The molecule has 0 fully saturated rings. The Morgan fingerprint density at radius 3 is 2.62 bits per heavy atom. The maximum absolute atomic E-state index is 11.4. The number of carbonyl (C=O) groups is 1. The molecule has 0 saturated carbocycles. The highest BCUT2D eigenvalue weighted by Crippen LogP contribution is 2.40. The molecule has 2 atom stereocenters. The van der Waals surface area contributed by atoms with E-state index in [-0.39, 0.29) is 30.5 Å². The highest BCUT2D eigenvalue weighted by Gasteiger charge is 2.34. The first kappa shape index (κ1) is 15.0. The number of hydrogen-bond acceptors (Lipinski definition) is 8. The number of nitrogens with zero attached hydrogens (tertiary/aromatic N) is 1. The van der Waals surface area contributed by atoms with Crippen molar-refractivity contribution < 1.29 is 34.1 Å². The average molecular weight is 299 g/mol. The third kappa shape index (κ3) is 2.88. The van der Waals surface area contributed by atoms with Crippen molar-refractivity contribution in [1.29, 1.82) is 0 Å². The molecule has 2 N–H and O–H groups in total. The summed E-state index contributed by atoms with van der Waals surface area (Å²) in [5.74, 6) is -0.731. The van der Waals surface area contributed by atoms with Crippen LogP contribution in [0.15, 0.2) is 12.1 Å². The Bertz CT molecular complexity index is 573. The SMILES string of the molecule is CCOC(=O)C(O)C(O)c1cc2c(cc1[N+](=O)[O-])OCO2. The van der Waals surface area contributed by atoms with Crippen molar-refractivity contribution in [2.75, 3.05) is 13.4 Å². The minimum absolute atomic E-state index is 0.00580. The minimum Gasteiger partial charge on any atom is -0.464 e. The summed E-state index contributed by atoms with van der Waals surface area (Å²) >= 11 is 0. The van der Waals surface area contributed by atoms with E-state index < -0.39 is 28.8 Å². The molecule has 0 saturated heterocycles. The normalized spacial score (nSPS) is 15.4. The van der Waals surface area contributed by atoms with E-state index in [0.717, 1.165) is 12.1 Å². The highest BCUT2D eigenvalue weighted by atomic mass is 16.7. The second-order valence-corrected chi connectivity index (χ2v) is 4.16. The molecule has 0 bridgehead atoms. The molecule has 1 aliphatic heterocycles. The first-order valence-electron chi connectivity index (χ1n) is 6.06. The molecule has 0 aromatic heterocycles. The molecule has 1 heterocycles. The van der Waals surface area contributed by atoms with E-state index in [1.807, 2.05) is 0 Å². The Morgan fingerprint density at radius 2 is 2.05 bits per heavy atom. The second-order valence-electron chi connectivity index (χ2n) is 4.16. The van der Waals surface area contributed by atoms with Crippen LogP contribution >= 0.6 is 0 Å². The quantitative estimate of drug-likeness (QED) is 0.450. The summed E-state index contributed by atoms with van der Waals surface area (Å²) < 4.78 is 14.6. The van der Waals surface area contributed by atoms with Crippen LogP contribution in [0.3, 0.4) is 0 Å². The van der Waals surface area contributed by atoms with Gasteiger partial charge in [0.1, 0.15) is 6.10 Å². The van der Waals surface area contributed by atoms with Gasteiger partial charge in [-0.15, -0.1) is 0 Å². The van der Waals surface area contributed by atoms with Gasteiger partial charge in [-0.05, 0) is 13.0 Å². The zero-order valence-corrected chi connectivity index (χ0v) is 11.0. The Hall–Kier alpha value is -2.39. The Labute approximate surface area is 118 Å². The zero-order chi connectivity index (χ0) is 15.6. The third-order valence-electron chi connectivity index (χ3n) is 2.86. The van der Waals surface area contributed by atoms with Gasteiger partial charge in [-0.2, -0.15) is 0 Å². The number of carbonyl (C=O) groups excluding carboxylic acids is 1. The van der Waals surface area contributed by atoms with Crippen LogP contribution in [0.2, 0.25) is 0 Å². The van der Waals surface area contributed by atoms with Crippen LogP contribution in [0, 0.1) is 10.1 Å². The predicted octanol–water partition coefficient (Wildman–Crippen LogP) is 0.281. The standard InChI is InChI=1S/C12H13NO8/c1-2-19-12(16)11(15)10(14)6-3-8-9(21-5-20-8)4-7(6)13(17)18/h3-4,10-11,14-15H,2,5H2,1H3. The fourth-order valence-electron chi connectivity index (χ4n) is 1.87. The van der Waals surface area contributed by atoms with Crippen molar-refractivity contribution in [2.24, 2.45) is 0 Å². The van der Waals surface area contributed by atoms with Gasteiger partial charge in [-0.3, -0.25) is 10.1 Å². The number of aliphatic hydroxyl groups is 2. The predicted molar refractivity (Wildman–Crippen MR) is 66.8 cm³/mol. The Kier molecular flexibility index (Phi) is 4.24. The van der Waals surface area contributed by atoms with E-state index in [1.165, 1.54) is 6.92 Å². The first-order chi connectivity index (χ1) is 9.95. The van der Waals surface area contributed by atoms with Crippen molar-refractivity contribution in [3.05, 3.63) is 27.8 Å². The number of esters is 1. The lowest BCUT2D eigenvalue weighted by molar-refractivity contribution is -0.386. The Balaban J connectivity index is 2.37. The van der Waals surface area contributed by atoms with Crippen molar-refractivity contribution in [3.8, 4) is 11.5 Å². The third-order valence-corrected chi connectivity index (χ3v) is 2.86. The number of nitro groups is 1. The zero-order valence-electron chi connectivity index (χ0n) is 11.0. The summed E-state index contributed by atoms with van der Waals surface area (Å²) in [6.45, 7) is 1.43. The number of benzene rings is 1. The lowest BCUT2D eigenvalue weighted by Crippen LogP contribution is -2.30. The van der Waals surface area contributed by atoms with Gasteiger partial charge in [0.25, 0.3) is 5.69 Å². The monoisotopic (exact) mass is 299 g/mol. The fraction of sp³-hybridized carbons (Fsp3) is 0.417. The highest BCUT2D eigenvalue weighted by molar-refractivity contribution is 5.76. The molecule has 2 rings (SSSR count). The fourth-order valence-corrected chi connectivity index (χ4v) is 1.87. The Morgan fingerprint density at radius 1 is 1.43 bits per heavy atom. The smallest absolute Gasteiger partial charge is 0.338 e. The summed E-state index contributed by atoms with van der Waals surface area (Å²) in [6, 6.07) is 2.23. The number of rotatable bonds is 5. The molecule has 1 aromatic rings. The van der Waals surface area contributed by atoms with E-state index >= 15 is 0 Å². The molecule has 1 aliphatic rings. The lowest BCUT2D eigenvalue weighted by atomic mass is 10.0. The van der Waals surface area contributed by atoms with E-state index in [0.29, 0.717) is 0 Å². The van der Waals surface area contributed by atoms with Gasteiger partial charge in [0, 0.05) is 0 Å². The second kappa shape index (κ2) is 5.94. The molecule has 1 aromatic carbocycles. The van der Waals surface area contributed by atoms with Crippen molar-refractivity contribution >= 4 is 11.7 Å². The summed E-state index contributed by atoms with van der Waals surface area (Å²) in [4.78, 5) is 21.7. The molecule has 0 aliphatic carbocycles. The van der Waals surface area contributed by atoms with E-state index in [4.69, 9.17) is 9.47 Å². The van der Waals surface area contributed by atoms with Gasteiger partial charge in [-0.25, -0.2) is 4.79 Å². The summed E-state index contributed by atoms with van der Waals surface area (Å²) in [5, 5.41) is 30.7. The van der Waals surface area contributed by atoms with Crippen LogP contribution in [-0.4, -0.2) is 40.6 Å². The van der Waals surface area contributed by atoms with Crippen molar-refractivity contribution in [1.82, 2.24) is 0 Å². The molecule has 114 valence electrons. The lowest BCUT2D eigenvalue weighted by Gasteiger charge is -2.17. The van der Waals surface area contributed by atoms with Gasteiger partial charge < -0.3 is 24.4 Å². The van der Waals surface area contributed by atoms with Gasteiger partial charge >= 0.3 is 5.97 Å². The van der Waals surface area contributed by atoms with Gasteiger partial charge in [0.15, 0.2) is 17.6 Å². The van der Waals surface area contributed by atoms with Crippen LogP contribution in [0.5, 0.6) is 11.5 Å². The molecule has 9 heteroatoms. The summed E-state index contributed by atoms with van der Waals surface area (Å²) in [6.07, 6.45) is -3.76. The van der Waals surface area contributed by atoms with Gasteiger partial charge in [-0.1, -0.05) is 0 Å². The number of aliphatic hydroxyl groups excluding tert-OH is 2. The van der Waals surface area contributed by atoms with E-state index in [1.54, 1.807) is 0 Å². The molecule has 0 radical (unpaired) electrons. The maximum Gasteiger partial charge on any atom is 0.338 e. The van der Waals surface area contributed by atoms with Crippen LogP contribution in [0.4, 0.5) is 5.69 Å². The molecular formula is C12H13NO8. The van der Waals surface area contributed by atoms with Gasteiger partial charge in [0.05, 0.1) is 23.2 Å². The number of hydrogen-bond donors (Lipinski definition) is 2. The number of nitro benzene ring substituents is 1. The van der Waals surface area contributed by atoms with Crippen molar-refractivity contribution in [3.63, 3.8) is 0 Å². The maximum atomic E-state index is 11.4. The minimum atomic E-state index is -1.94. The number of fused-ring (bicyclic) bond motifs is 1. The summed E-state index contributed by atoms with van der Waals surface area (Å²) in [7, 11) is 0. The summed E-state index contributed by atoms with van der Waals surface area (Å²) in [5.41, 5.74) is -0.750. The number of ether oxygens (including phenoxy) is 3. The molecule has 21 heavy (non-hydrogen) atoms. The molecule has 0 amide bonds.